The number of amides is 1. The number of sulfone groups is 1. The smallest absolute Gasteiger partial charge is 0.223 e. The Hall–Kier alpha value is -1.67. The van der Waals surface area contributed by atoms with Crippen molar-refractivity contribution in [3.05, 3.63) is 63.9 Å². The van der Waals surface area contributed by atoms with E-state index in [1.54, 1.807) is 24.3 Å². The molecule has 0 spiro atoms. The van der Waals surface area contributed by atoms with Crippen LogP contribution in [0, 0.1) is 11.7 Å². The molecule has 0 aliphatic carbocycles. The lowest BCUT2D eigenvalue weighted by atomic mass is 9.96. The Bertz CT molecular complexity index is 1030. The quantitative estimate of drug-likeness (QED) is 0.612. The van der Waals surface area contributed by atoms with Gasteiger partial charge in [0.15, 0.2) is 9.84 Å². The fourth-order valence-electron chi connectivity index (χ4n) is 3.66. The largest absolute Gasteiger partial charge is 0.356 e. The average Bonchev–Trinajstić information content (AvgIpc) is 2.75. The standard InChI is InChI=1S/C22H25Cl2FN2O3S/c23-18-5-6-19(24)21(15-18)31(29,30)14-13-27-11-8-17(9-12-27)22(28)26-10-7-16-3-1-2-4-20(16)25/h1-6,15,17H,7-14H2,(H,26,28). The van der Waals surface area contributed by atoms with Gasteiger partial charge in [0.2, 0.25) is 5.91 Å². The zero-order chi connectivity index (χ0) is 22.4. The van der Waals surface area contributed by atoms with Crippen LogP contribution in [0.15, 0.2) is 47.4 Å². The van der Waals surface area contributed by atoms with Gasteiger partial charge in [-0.3, -0.25) is 4.79 Å². The van der Waals surface area contributed by atoms with E-state index in [0.29, 0.717) is 56.0 Å². The summed E-state index contributed by atoms with van der Waals surface area (Å²) in [7, 11) is -3.55. The van der Waals surface area contributed by atoms with Crippen molar-refractivity contribution >= 4 is 38.9 Å². The molecule has 1 saturated heterocycles. The molecule has 0 aromatic heterocycles. The van der Waals surface area contributed by atoms with Crippen LogP contribution in [0.3, 0.4) is 0 Å². The fraction of sp³-hybridized carbons (Fsp3) is 0.409. The highest BCUT2D eigenvalue weighted by Crippen LogP contribution is 2.26. The Kier molecular flexibility index (Phi) is 8.33. The Labute approximate surface area is 192 Å². The van der Waals surface area contributed by atoms with Crippen molar-refractivity contribution < 1.29 is 17.6 Å². The molecule has 168 valence electrons. The molecule has 0 saturated carbocycles. The van der Waals surface area contributed by atoms with Gasteiger partial charge < -0.3 is 10.2 Å². The van der Waals surface area contributed by atoms with Gasteiger partial charge in [-0.05, 0) is 62.2 Å². The summed E-state index contributed by atoms with van der Waals surface area (Å²) in [4.78, 5) is 14.5. The maximum absolute atomic E-state index is 13.6. The molecule has 1 amide bonds. The second-order valence-electron chi connectivity index (χ2n) is 7.64. The average molecular weight is 487 g/mol. The van der Waals surface area contributed by atoms with Crippen LogP contribution in [0.25, 0.3) is 0 Å². The minimum atomic E-state index is -3.55. The summed E-state index contributed by atoms with van der Waals surface area (Å²) in [5.41, 5.74) is 0.582. The molecular weight excluding hydrogens is 462 g/mol. The summed E-state index contributed by atoms with van der Waals surface area (Å²) in [6, 6.07) is 10.9. The second kappa shape index (κ2) is 10.8. The number of carbonyl (C=O) groups excluding carboxylic acids is 1. The van der Waals surface area contributed by atoms with E-state index in [4.69, 9.17) is 23.2 Å². The normalized spacial score (nSPS) is 15.7. The van der Waals surface area contributed by atoms with Gasteiger partial charge in [0.1, 0.15) is 5.82 Å². The number of nitrogens with one attached hydrogen (secondary N) is 1. The van der Waals surface area contributed by atoms with Gasteiger partial charge in [0.25, 0.3) is 0 Å². The third-order valence-corrected chi connectivity index (χ3v) is 7.92. The van der Waals surface area contributed by atoms with Crippen molar-refractivity contribution in [2.75, 3.05) is 31.9 Å². The van der Waals surface area contributed by atoms with Gasteiger partial charge in [0.05, 0.1) is 15.7 Å². The SMILES string of the molecule is O=C(NCCc1ccccc1F)C1CCN(CCS(=O)(=O)c2cc(Cl)ccc2Cl)CC1. The number of piperidine rings is 1. The van der Waals surface area contributed by atoms with Crippen molar-refractivity contribution in [3.8, 4) is 0 Å². The molecule has 1 N–H and O–H groups in total. The third-order valence-electron chi connectivity index (χ3n) is 5.51. The van der Waals surface area contributed by atoms with Gasteiger partial charge in [-0.1, -0.05) is 41.4 Å². The maximum atomic E-state index is 13.6. The summed E-state index contributed by atoms with van der Waals surface area (Å²) < 4.78 is 38.9. The Balaban J connectivity index is 1.42. The monoisotopic (exact) mass is 486 g/mol. The van der Waals surface area contributed by atoms with Crippen LogP contribution >= 0.6 is 23.2 Å². The Morgan fingerprint density at radius 2 is 1.84 bits per heavy atom. The van der Waals surface area contributed by atoms with E-state index in [9.17, 15) is 17.6 Å². The molecule has 0 unspecified atom stereocenters. The van der Waals surface area contributed by atoms with E-state index in [0.717, 1.165) is 0 Å². The molecule has 0 bridgehead atoms. The number of hydrogen-bond donors (Lipinski definition) is 1. The lowest BCUT2D eigenvalue weighted by Crippen LogP contribution is -2.42. The first-order valence-electron chi connectivity index (χ1n) is 10.2. The molecule has 1 heterocycles. The summed E-state index contributed by atoms with van der Waals surface area (Å²) >= 11 is 11.9. The van der Waals surface area contributed by atoms with E-state index in [1.807, 2.05) is 4.90 Å². The number of likely N-dealkylation sites (tertiary alicyclic amines) is 1. The zero-order valence-corrected chi connectivity index (χ0v) is 19.3. The summed E-state index contributed by atoms with van der Waals surface area (Å²) in [6.07, 6.45) is 1.76. The van der Waals surface area contributed by atoms with E-state index in [2.05, 4.69) is 5.32 Å². The number of nitrogens with zero attached hydrogens (tertiary/aromatic N) is 1. The predicted octanol–water partition coefficient (Wildman–Crippen LogP) is 3.98. The molecule has 2 aromatic rings. The van der Waals surface area contributed by atoms with Crippen LogP contribution in [0.5, 0.6) is 0 Å². The molecule has 9 heteroatoms. The van der Waals surface area contributed by atoms with Crippen LogP contribution < -0.4 is 5.32 Å². The van der Waals surface area contributed by atoms with E-state index >= 15 is 0 Å². The van der Waals surface area contributed by atoms with Gasteiger partial charge in [-0.15, -0.1) is 0 Å². The molecule has 1 fully saturated rings. The zero-order valence-electron chi connectivity index (χ0n) is 17.0. The fourth-order valence-corrected chi connectivity index (χ4v) is 5.76. The minimum Gasteiger partial charge on any atom is -0.356 e. The number of hydrogen-bond acceptors (Lipinski definition) is 4. The molecule has 31 heavy (non-hydrogen) atoms. The number of halogens is 3. The lowest BCUT2D eigenvalue weighted by molar-refractivity contribution is -0.126. The van der Waals surface area contributed by atoms with Gasteiger partial charge in [-0.25, -0.2) is 12.8 Å². The van der Waals surface area contributed by atoms with Crippen molar-refractivity contribution in [2.45, 2.75) is 24.2 Å². The molecule has 1 aliphatic heterocycles. The first-order valence-corrected chi connectivity index (χ1v) is 12.6. The highest BCUT2D eigenvalue weighted by molar-refractivity contribution is 7.91. The van der Waals surface area contributed by atoms with Crippen molar-refractivity contribution in [1.29, 1.82) is 0 Å². The molecule has 3 rings (SSSR count). The van der Waals surface area contributed by atoms with Gasteiger partial charge in [0, 0.05) is 24.0 Å². The third kappa shape index (κ3) is 6.65. The van der Waals surface area contributed by atoms with E-state index in [-0.39, 0.29) is 33.3 Å². The first kappa shape index (κ1) is 24.0. The van der Waals surface area contributed by atoms with Gasteiger partial charge in [-0.2, -0.15) is 0 Å². The van der Waals surface area contributed by atoms with E-state index in [1.165, 1.54) is 18.2 Å². The van der Waals surface area contributed by atoms with Crippen LogP contribution in [0.2, 0.25) is 10.0 Å². The van der Waals surface area contributed by atoms with Crippen LogP contribution in [0.1, 0.15) is 18.4 Å². The summed E-state index contributed by atoms with van der Waals surface area (Å²) in [6.45, 7) is 2.04. The van der Waals surface area contributed by atoms with Crippen LogP contribution in [0.4, 0.5) is 4.39 Å². The topological polar surface area (TPSA) is 66.5 Å². The van der Waals surface area contributed by atoms with Crippen molar-refractivity contribution in [1.82, 2.24) is 10.2 Å². The number of carbonyl (C=O) groups is 1. The molecule has 5 nitrogen and oxygen atoms in total. The molecule has 0 radical (unpaired) electrons. The van der Waals surface area contributed by atoms with Gasteiger partial charge >= 0.3 is 0 Å². The molecule has 0 atom stereocenters. The molecule has 2 aromatic carbocycles. The Morgan fingerprint density at radius 3 is 2.55 bits per heavy atom. The van der Waals surface area contributed by atoms with Crippen molar-refractivity contribution in [2.24, 2.45) is 5.92 Å². The number of rotatable bonds is 8. The lowest BCUT2D eigenvalue weighted by Gasteiger charge is -2.31. The first-order chi connectivity index (χ1) is 14.8. The minimum absolute atomic E-state index is 0.0330. The Morgan fingerprint density at radius 1 is 1.13 bits per heavy atom. The summed E-state index contributed by atoms with van der Waals surface area (Å²) in [5.74, 6) is -0.476. The maximum Gasteiger partial charge on any atom is 0.223 e. The second-order valence-corrected chi connectivity index (χ2v) is 10.6. The highest BCUT2D eigenvalue weighted by atomic mass is 35.5. The van der Waals surface area contributed by atoms with Crippen LogP contribution in [-0.4, -0.2) is 51.2 Å². The van der Waals surface area contributed by atoms with E-state index < -0.39 is 9.84 Å². The summed E-state index contributed by atoms with van der Waals surface area (Å²) in [5, 5.41) is 3.37. The van der Waals surface area contributed by atoms with Crippen molar-refractivity contribution in [3.63, 3.8) is 0 Å². The predicted molar refractivity (Wildman–Crippen MR) is 121 cm³/mol. The number of benzene rings is 2. The molecular formula is C22H25Cl2FN2O3S. The van der Waals surface area contributed by atoms with Crippen LogP contribution in [-0.2, 0) is 21.1 Å². The molecule has 1 aliphatic rings. The highest BCUT2D eigenvalue weighted by Gasteiger charge is 2.26.